The van der Waals surface area contributed by atoms with E-state index in [1.165, 1.54) is 17.0 Å². The quantitative estimate of drug-likeness (QED) is 0.371. The molecular weight excluding hydrogens is 461 g/mol. The van der Waals surface area contributed by atoms with Crippen LogP contribution >= 0.6 is 0 Å². The predicted octanol–water partition coefficient (Wildman–Crippen LogP) is 4.45. The molecule has 0 bridgehead atoms. The zero-order valence-electron chi connectivity index (χ0n) is 18.3. The average molecular weight is 478 g/mol. The van der Waals surface area contributed by atoms with Crippen LogP contribution in [0.1, 0.15) is 11.3 Å². The second kappa shape index (κ2) is 8.67. The molecule has 5 aromatic rings. The molecule has 176 valence electrons. The second-order valence-corrected chi connectivity index (χ2v) is 7.79. The van der Waals surface area contributed by atoms with Crippen molar-refractivity contribution in [3.63, 3.8) is 0 Å². The Morgan fingerprint density at radius 1 is 0.971 bits per heavy atom. The third kappa shape index (κ3) is 4.74. The van der Waals surface area contributed by atoms with Gasteiger partial charge in [0.25, 0.3) is 5.56 Å². The molecule has 0 N–H and O–H groups in total. The van der Waals surface area contributed by atoms with Gasteiger partial charge in [0.05, 0.1) is 35.7 Å². The Labute approximate surface area is 196 Å². The van der Waals surface area contributed by atoms with E-state index in [0.717, 1.165) is 17.8 Å². The van der Waals surface area contributed by atoms with E-state index in [1.54, 1.807) is 47.4 Å². The lowest BCUT2D eigenvalue weighted by Gasteiger charge is -2.10. The molecule has 5 rings (SSSR count). The molecule has 0 aliphatic heterocycles. The van der Waals surface area contributed by atoms with Gasteiger partial charge in [-0.15, -0.1) is 0 Å². The first kappa shape index (κ1) is 22.3. The van der Waals surface area contributed by atoms with Crippen molar-refractivity contribution in [3.8, 4) is 22.8 Å². The smallest absolute Gasteiger partial charge is 0.433 e. The molecule has 0 aliphatic rings. The Kier molecular flexibility index (Phi) is 5.51. The van der Waals surface area contributed by atoms with Gasteiger partial charge in [0.2, 0.25) is 0 Å². The van der Waals surface area contributed by atoms with Crippen molar-refractivity contribution >= 4 is 10.9 Å². The van der Waals surface area contributed by atoms with E-state index >= 15 is 0 Å². The maximum atomic E-state index is 13.1. The standard InChI is InChI=1S/C24H17F3N6O2/c1-32-13-16(11-31-32)21-9-18(6-7-28-21)35-17-3-4-20-19(8-17)23(34)33(14-30-20)12-15-2-5-22(29-10-15)24(25,26)27/h2-11,13-14H,12H2,1H3. The van der Waals surface area contributed by atoms with Crippen molar-refractivity contribution in [1.29, 1.82) is 0 Å². The number of aryl methyl sites for hydroxylation is 1. The minimum Gasteiger partial charge on any atom is -0.457 e. The lowest BCUT2D eigenvalue weighted by Crippen LogP contribution is -2.21. The number of ether oxygens (including phenoxy) is 1. The maximum Gasteiger partial charge on any atom is 0.433 e. The fraction of sp³-hybridized carbons (Fsp3) is 0.125. The van der Waals surface area contributed by atoms with E-state index in [0.29, 0.717) is 33.7 Å². The van der Waals surface area contributed by atoms with Crippen LogP contribution in [-0.4, -0.2) is 29.3 Å². The van der Waals surface area contributed by atoms with Gasteiger partial charge < -0.3 is 4.74 Å². The Morgan fingerprint density at radius 2 is 1.80 bits per heavy atom. The monoisotopic (exact) mass is 478 g/mol. The number of rotatable bonds is 5. The Bertz CT molecular complexity index is 1580. The molecule has 4 aromatic heterocycles. The summed E-state index contributed by atoms with van der Waals surface area (Å²) >= 11 is 0. The van der Waals surface area contributed by atoms with E-state index in [-0.39, 0.29) is 12.1 Å². The summed E-state index contributed by atoms with van der Waals surface area (Å²) in [5.41, 5.74) is 1.08. The van der Waals surface area contributed by atoms with E-state index in [1.807, 2.05) is 13.2 Å². The van der Waals surface area contributed by atoms with E-state index in [4.69, 9.17) is 4.74 Å². The van der Waals surface area contributed by atoms with Crippen molar-refractivity contribution < 1.29 is 17.9 Å². The molecule has 0 unspecified atom stereocenters. The normalized spacial score (nSPS) is 11.7. The van der Waals surface area contributed by atoms with E-state index in [2.05, 4.69) is 20.1 Å². The summed E-state index contributed by atoms with van der Waals surface area (Å²) in [7, 11) is 1.81. The van der Waals surface area contributed by atoms with Crippen molar-refractivity contribution in [2.24, 2.45) is 7.05 Å². The highest BCUT2D eigenvalue weighted by atomic mass is 19.4. The second-order valence-electron chi connectivity index (χ2n) is 7.79. The van der Waals surface area contributed by atoms with Crippen LogP contribution in [0.2, 0.25) is 0 Å². The summed E-state index contributed by atoms with van der Waals surface area (Å²) in [6, 6.07) is 10.6. The zero-order valence-corrected chi connectivity index (χ0v) is 18.3. The van der Waals surface area contributed by atoms with Gasteiger partial charge in [0.1, 0.15) is 17.2 Å². The molecule has 0 spiro atoms. The number of hydrogen-bond donors (Lipinski definition) is 0. The molecule has 4 heterocycles. The van der Waals surface area contributed by atoms with Gasteiger partial charge in [-0.3, -0.25) is 24.0 Å². The number of halogens is 3. The van der Waals surface area contributed by atoms with Crippen molar-refractivity contribution in [3.05, 3.63) is 95.2 Å². The predicted molar refractivity (Wildman–Crippen MR) is 121 cm³/mol. The topological polar surface area (TPSA) is 87.7 Å². The van der Waals surface area contributed by atoms with Crippen molar-refractivity contribution in [2.75, 3.05) is 0 Å². The van der Waals surface area contributed by atoms with Crippen LogP contribution in [0.25, 0.3) is 22.2 Å². The van der Waals surface area contributed by atoms with Crippen molar-refractivity contribution in [2.45, 2.75) is 12.7 Å². The van der Waals surface area contributed by atoms with Crippen LogP contribution < -0.4 is 10.3 Å². The van der Waals surface area contributed by atoms with Gasteiger partial charge in [-0.2, -0.15) is 18.3 Å². The molecule has 35 heavy (non-hydrogen) atoms. The minimum absolute atomic E-state index is 0.0246. The summed E-state index contributed by atoms with van der Waals surface area (Å²) in [5, 5.41) is 4.45. The van der Waals surface area contributed by atoms with Crippen molar-refractivity contribution in [1.82, 2.24) is 29.3 Å². The largest absolute Gasteiger partial charge is 0.457 e. The Hall–Kier alpha value is -4.54. The summed E-state index contributed by atoms with van der Waals surface area (Å²) in [6.07, 6.45) is 3.08. The first-order chi connectivity index (χ1) is 16.8. The van der Waals surface area contributed by atoms with Gasteiger partial charge in [-0.05, 0) is 35.9 Å². The van der Waals surface area contributed by atoms with Crippen LogP contribution in [0, 0.1) is 0 Å². The molecule has 0 saturated carbocycles. The number of aromatic nitrogens is 6. The highest BCUT2D eigenvalue weighted by Crippen LogP contribution is 2.28. The molecule has 0 radical (unpaired) electrons. The van der Waals surface area contributed by atoms with Gasteiger partial charge >= 0.3 is 6.18 Å². The lowest BCUT2D eigenvalue weighted by molar-refractivity contribution is -0.141. The zero-order chi connectivity index (χ0) is 24.6. The van der Waals surface area contributed by atoms with Crippen LogP contribution in [-0.2, 0) is 19.8 Å². The summed E-state index contributed by atoms with van der Waals surface area (Å²) in [5.74, 6) is 0.951. The minimum atomic E-state index is -4.52. The SMILES string of the molecule is Cn1cc(-c2cc(Oc3ccc4ncn(Cc5ccc(C(F)(F)F)nc5)c(=O)c4c3)ccn2)cn1. The fourth-order valence-corrected chi connectivity index (χ4v) is 3.52. The Morgan fingerprint density at radius 3 is 2.51 bits per heavy atom. The number of fused-ring (bicyclic) bond motifs is 1. The summed E-state index contributed by atoms with van der Waals surface area (Å²) in [4.78, 5) is 25.1. The molecule has 0 amide bonds. The number of nitrogens with zero attached hydrogens (tertiary/aromatic N) is 6. The molecular formula is C24H17F3N6O2. The van der Waals surface area contributed by atoms with Gasteiger partial charge in [0.15, 0.2) is 0 Å². The van der Waals surface area contributed by atoms with Crippen LogP contribution in [0.5, 0.6) is 11.5 Å². The maximum absolute atomic E-state index is 13.1. The lowest BCUT2D eigenvalue weighted by atomic mass is 10.2. The number of benzene rings is 1. The molecule has 11 heteroatoms. The highest BCUT2D eigenvalue weighted by molar-refractivity contribution is 5.79. The molecule has 8 nitrogen and oxygen atoms in total. The third-order valence-electron chi connectivity index (χ3n) is 5.23. The first-order valence-corrected chi connectivity index (χ1v) is 10.4. The fourth-order valence-electron chi connectivity index (χ4n) is 3.52. The Balaban J connectivity index is 1.41. The van der Waals surface area contributed by atoms with E-state index < -0.39 is 11.9 Å². The first-order valence-electron chi connectivity index (χ1n) is 10.4. The number of alkyl halides is 3. The number of pyridine rings is 2. The highest BCUT2D eigenvalue weighted by Gasteiger charge is 2.32. The van der Waals surface area contributed by atoms with Crippen LogP contribution in [0.4, 0.5) is 13.2 Å². The molecule has 1 aromatic carbocycles. The van der Waals surface area contributed by atoms with Crippen LogP contribution in [0.3, 0.4) is 0 Å². The summed E-state index contributed by atoms with van der Waals surface area (Å²) < 4.78 is 47.2. The molecule has 0 aliphatic carbocycles. The van der Waals surface area contributed by atoms with Gasteiger partial charge in [-0.25, -0.2) is 4.98 Å². The average Bonchev–Trinajstić information content (AvgIpc) is 3.27. The third-order valence-corrected chi connectivity index (χ3v) is 5.23. The molecule has 0 atom stereocenters. The summed E-state index contributed by atoms with van der Waals surface area (Å²) in [6.45, 7) is 0.0246. The van der Waals surface area contributed by atoms with Gasteiger partial charge in [-0.1, -0.05) is 6.07 Å². The van der Waals surface area contributed by atoms with Gasteiger partial charge in [0, 0.05) is 37.3 Å². The molecule has 0 fully saturated rings. The van der Waals surface area contributed by atoms with E-state index in [9.17, 15) is 18.0 Å². The number of hydrogen-bond acceptors (Lipinski definition) is 6. The van der Waals surface area contributed by atoms with Crippen LogP contribution in [0.15, 0.2) is 78.4 Å². The molecule has 0 saturated heterocycles.